The molecule has 1 heterocycles. The fourth-order valence-electron chi connectivity index (χ4n) is 2.08. The van der Waals surface area contributed by atoms with Gasteiger partial charge < -0.3 is 11.1 Å². The van der Waals surface area contributed by atoms with E-state index in [0.29, 0.717) is 11.6 Å². The van der Waals surface area contributed by atoms with Crippen molar-refractivity contribution in [3.63, 3.8) is 0 Å². The van der Waals surface area contributed by atoms with Crippen LogP contribution in [-0.2, 0) is 0 Å². The standard InChI is InChI=1S/C14H18N4O/c1-3-13(16-2)10-5-4-6-12(7-10)18-9-11(8-17-18)14(15)19/h4-9,13,16H,3H2,1-2H3,(H2,15,19). The molecular formula is C14H18N4O. The van der Waals surface area contributed by atoms with Crippen LogP contribution in [0.4, 0.5) is 0 Å². The first-order valence-electron chi connectivity index (χ1n) is 6.27. The highest BCUT2D eigenvalue weighted by Crippen LogP contribution is 2.19. The number of hydrogen-bond donors (Lipinski definition) is 2. The van der Waals surface area contributed by atoms with Gasteiger partial charge in [-0.15, -0.1) is 0 Å². The number of nitrogens with one attached hydrogen (secondary N) is 1. The Morgan fingerprint density at radius 1 is 1.53 bits per heavy atom. The number of nitrogens with two attached hydrogens (primary N) is 1. The molecule has 19 heavy (non-hydrogen) atoms. The predicted molar refractivity (Wildman–Crippen MR) is 74.2 cm³/mol. The van der Waals surface area contributed by atoms with Crippen LogP contribution in [0.15, 0.2) is 36.7 Å². The summed E-state index contributed by atoms with van der Waals surface area (Å²) in [6.07, 6.45) is 4.12. The third-order valence-corrected chi connectivity index (χ3v) is 3.16. The van der Waals surface area contributed by atoms with Crippen LogP contribution >= 0.6 is 0 Å². The molecule has 0 aliphatic heterocycles. The van der Waals surface area contributed by atoms with Crippen molar-refractivity contribution in [1.82, 2.24) is 15.1 Å². The molecule has 0 radical (unpaired) electrons. The molecule has 100 valence electrons. The first kappa shape index (κ1) is 13.3. The van der Waals surface area contributed by atoms with Gasteiger partial charge in [-0.25, -0.2) is 4.68 Å². The fraction of sp³-hybridized carbons (Fsp3) is 0.286. The quantitative estimate of drug-likeness (QED) is 0.856. The Bertz CT molecular complexity index is 572. The molecule has 0 fully saturated rings. The number of carbonyl (C=O) groups excluding carboxylic acids is 1. The Morgan fingerprint density at radius 2 is 2.32 bits per heavy atom. The molecule has 1 amide bonds. The lowest BCUT2D eigenvalue weighted by Gasteiger charge is -2.15. The highest BCUT2D eigenvalue weighted by Gasteiger charge is 2.09. The topological polar surface area (TPSA) is 72.9 Å². The van der Waals surface area contributed by atoms with Crippen molar-refractivity contribution in [2.24, 2.45) is 5.73 Å². The van der Waals surface area contributed by atoms with E-state index in [4.69, 9.17) is 5.73 Å². The van der Waals surface area contributed by atoms with Crippen molar-refractivity contribution < 1.29 is 4.79 Å². The van der Waals surface area contributed by atoms with E-state index in [1.807, 2.05) is 19.2 Å². The third kappa shape index (κ3) is 2.82. The van der Waals surface area contributed by atoms with E-state index in [-0.39, 0.29) is 0 Å². The lowest BCUT2D eigenvalue weighted by atomic mass is 10.0. The van der Waals surface area contributed by atoms with Gasteiger partial charge in [-0.1, -0.05) is 19.1 Å². The molecule has 0 bridgehead atoms. The van der Waals surface area contributed by atoms with Crippen LogP contribution in [0.3, 0.4) is 0 Å². The normalized spacial score (nSPS) is 12.3. The maximum atomic E-state index is 11.1. The van der Waals surface area contributed by atoms with Crippen molar-refractivity contribution in [3.05, 3.63) is 47.8 Å². The van der Waals surface area contributed by atoms with E-state index >= 15 is 0 Å². The van der Waals surface area contributed by atoms with E-state index in [1.165, 1.54) is 11.8 Å². The van der Waals surface area contributed by atoms with Gasteiger partial charge in [0.1, 0.15) is 0 Å². The Labute approximate surface area is 112 Å². The van der Waals surface area contributed by atoms with Crippen LogP contribution in [0.1, 0.15) is 35.3 Å². The van der Waals surface area contributed by atoms with Gasteiger partial charge in [0, 0.05) is 12.2 Å². The van der Waals surface area contributed by atoms with Crippen LogP contribution < -0.4 is 11.1 Å². The molecule has 0 aliphatic carbocycles. The fourth-order valence-corrected chi connectivity index (χ4v) is 2.08. The number of hydrogen-bond acceptors (Lipinski definition) is 3. The van der Waals surface area contributed by atoms with Gasteiger partial charge in [-0.05, 0) is 31.2 Å². The SMILES string of the molecule is CCC(NC)c1cccc(-n2cc(C(N)=O)cn2)c1. The zero-order valence-electron chi connectivity index (χ0n) is 11.1. The molecule has 1 unspecified atom stereocenters. The zero-order valence-corrected chi connectivity index (χ0v) is 11.1. The first-order valence-corrected chi connectivity index (χ1v) is 6.27. The second kappa shape index (κ2) is 5.67. The summed E-state index contributed by atoms with van der Waals surface area (Å²) in [5.74, 6) is -0.468. The lowest BCUT2D eigenvalue weighted by molar-refractivity contribution is 0.100. The average Bonchev–Trinajstić information content (AvgIpc) is 2.90. The Morgan fingerprint density at radius 3 is 2.89 bits per heavy atom. The lowest BCUT2D eigenvalue weighted by Crippen LogP contribution is -2.15. The maximum Gasteiger partial charge on any atom is 0.251 e. The van der Waals surface area contributed by atoms with Crippen LogP contribution in [0.25, 0.3) is 5.69 Å². The van der Waals surface area contributed by atoms with Crippen molar-refractivity contribution in [3.8, 4) is 5.69 Å². The molecule has 5 heteroatoms. The number of rotatable bonds is 5. The second-order valence-corrected chi connectivity index (χ2v) is 4.38. The summed E-state index contributed by atoms with van der Waals surface area (Å²) in [6.45, 7) is 2.13. The third-order valence-electron chi connectivity index (χ3n) is 3.16. The predicted octanol–water partition coefficient (Wildman–Crippen LogP) is 1.64. The summed E-state index contributed by atoms with van der Waals surface area (Å²) in [7, 11) is 1.94. The van der Waals surface area contributed by atoms with Crippen LogP contribution in [0.2, 0.25) is 0 Å². The second-order valence-electron chi connectivity index (χ2n) is 4.38. The van der Waals surface area contributed by atoms with Gasteiger partial charge in [0.15, 0.2) is 0 Å². The summed E-state index contributed by atoms with van der Waals surface area (Å²) >= 11 is 0. The molecule has 3 N–H and O–H groups in total. The van der Waals surface area contributed by atoms with Crippen molar-refractivity contribution in [2.45, 2.75) is 19.4 Å². The summed E-state index contributed by atoms with van der Waals surface area (Å²) < 4.78 is 1.66. The number of aromatic nitrogens is 2. The van der Waals surface area contributed by atoms with Crippen molar-refractivity contribution in [2.75, 3.05) is 7.05 Å². The summed E-state index contributed by atoms with van der Waals surface area (Å²) in [6, 6.07) is 8.38. The molecule has 1 atom stereocenters. The first-order chi connectivity index (χ1) is 9.15. The van der Waals surface area contributed by atoms with E-state index in [2.05, 4.69) is 29.5 Å². The van der Waals surface area contributed by atoms with Gasteiger partial charge in [-0.3, -0.25) is 4.79 Å². The molecule has 1 aromatic carbocycles. The molecule has 0 spiro atoms. The zero-order chi connectivity index (χ0) is 13.8. The molecule has 5 nitrogen and oxygen atoms in total. The summed E-state index contributed by atoms with van der Waals surface area (Å²) in [4.78, 5) is 11.1. The molecule has 1 aromatic heterocycles. The van der Waals surface area contributed by atoms with Gasteiger partial charge in [-0.2, -0.15) is 5.10 Å². The van der Waals surface area contributed by atoms with Gasteiger partial charge in [0.05, 0.1) is 17.4 Å². The minimum Gasteiger partial charge on any atom is -0.366 e. The molecular weight excluding hydrogens is 240 g/mol. The molecule has 0 aliphatic rings. The van der Waals surface area contributed by atoms with Crippen molar-refractivity contribution in [1.29, 1.82) is 0 Å². The van der Waals surface area contributed by atoms with Crippen LogP contribution in [0.5, 0.6) is 0 Å². The number of amides is 1. The monoisotopic (exact) mass is 258 g/mol. The number of carbonyl (C=O) groups is 1. The molecule has 0 saturated carbocycles. The molecule has 0 saturated heterocycles. The smallest absolute Gasteiger partial charge is 0.251 e. The number of primary amides is 1. The highest BCUT2D eigenvalue weighted by atomic mass is 16.1. The van der Waals surface area contributed by atoms with E-state index in [9.17, 15) is 4.79 Å². The van der Waals surface area contributed by atoms with Gasteiger partial charge >= 0.3 is 0 Å². The number of nitrogens with zero attached hydrogens (tertiary/aromatic N) is 2. The van der Waals surface area contributed by atoms with Crippen LogP contribution in [0, 0.1) is 0 Å². The number of benzene rings is 1. The molecule has 2 aromatic rings. The van der Waals surface area contributed by atoms with E-state index in [0.717, 1.165) is 12.1 Å². The maximum absolute atomic E-state index is 11.1. The summed E-state index contributed by atoms with van der Waals surface area (Å²) in [5.41, 5.74) is 7.74. The Balaban J connectivity index is 2.34. The summed E-state index contributed by atoms with van der Waals surface area (Å²) in [5, 5.41) is 7.42. The minimum atomic E-state index is -0.468. The largest absolute Gasteiger partial charge is 0.366 e. The minimum absolute atomic E-state index is 0.311. The highest BCUT2D eigenvalue weighted by molar-refractivity contribution is 5.92. The van der Waals surface area contributed by atoms with Crippen molar-refractivity contribution >= 4 is 5.91 Å². The molecule has 2 rings (SSSR count). The van der Waals surface area contributed by atoms with E-state index < -0.39 is 5.91 Å². The van der Waals surface area contributed by atoms with E-state index in [1.54, 1.807) is 10.9 Å². The van der Waals surface area contributed by atoms with Gasteiger partial charge in [0.2, 0.25) is 0 Å². The Kier molecular flexibility index (Phi) is 3.97. The average molecular weight is 258 g/mol. The van der Waals surface area contributed by atoms with Gasteiger partial charge in [0.25, 0.3) is 5.91 Å². The van der Waals surface area contributed by atoms with Crippen LogP contribution in [-0.4, -0.2) is 22.7 Å². The Hall–Kier alpha value is -2.14.